The number of nitrogens with zero attached hydrogens (tertiary/aromatic N) is 1. The molecule has 78 valence electrons. The van der Waals surface area contributed by atoms with Gasteiger partial charge in [0.2, 0.25) is 0 Å². The van der Waals surface area contributed by atoms with Crippen LogP contribution in [0.1, 0.15) is 0 Å². The van der Waals surface area contributed by atoms with E-state index in [1.165, 1.54) is 0 Å². The van der Waals surface area contributed by atoms with Crippen LogP contribution in [-0.4, -0.2) is 36.5 Å². The van der Waals surface area contributed by atoms with Gasteiger partial charge in [0.05, 0.1) is 24.8 Å². The zero-order valence-electron chi connectivity index (χ0n) is 7.74. The maximum Gasteiger partial charge on any atom is 0.144 e. The second-order valence-corrected chi connectivity index (χ2v) is 3.00. The summed E-state index contributed by atoms with van der Waals surface area (Å²) in [6, 6.07) is 3.54. The molecular weight excluding hydrogens is 204 g/mol. The van der Waals surface area contributed by atoms with E-state index in [1.807, 2.05) is 0 Å². The molecule has 1 aromatic heterocycles. The topological polar surface area (TPSA) is 54.4 Å². The molecule has 1 heterocycles. The van der Waals surface area contributed by atoms with Gasteiger partial charge < -0.3 is 15.2 Å². The summed E-state index contributed by atoms with van der Waals surface area (Å²) in [4.78, 5) is 4.05. The SMILES string of the molecule is OCCOCCNc1ncccc1Cl. The van der Waals surface area contributed by atoms with Crippen molar-refractivity contribution in [3.63, 3.8) is 0 Å². The highest BCUT2D eigenvalue weighted by atomic mass is 35.5. The number of rotatable bonds is 6. The highest BCUT2D eigenvalue weighted by Gasteiger charge is 1.97. The predicted molar refractivity (Wildman–Crippen MR) is 55.6 cm³/mol. The summed E-state index contributed by atoms with van der Waals surface area (Å²) in [5.74, 6) is 0.654. The molecule has 0 saturated heterocycles. The van der Waals surface area contributed by atoms with Gasteiger partial charge >= 0.3 is 0 Å². The van der Waals surface area contributed by atoms with E-state index in [4.69, 9.17) is 21.4 Å². The lowest BCUT2D eigenvalue weighted by molar-refractivity contribution is 0.0992. The van der Waals surface area contributed by atoms with Crippen molar-refractivity contribution in [3.05, 3.63) is 23.4 Å². The van der Waals surface area contributed by atoms with Gasteiger partial charge in [0.1, 0.15) is 5.82 Å². The number of anilines is 1. The summed E-state index contributed by atoms with van der Waals surface area (Å²) in [5.41, 5.74) is 0. The fraction of sp³-hybridized carbons (Fsp3) is 0.444. The Morgan fingerprint density at radius 2 is 2.36 bits per heavy atom. The van der Waals surface area contributed by atoms with E-state index in [0.717, 1.165) is 0 Å². The normalized spacial score (nSPS) is 10.1. The Morgan fingerprint density at radius 1 is 1.50 bits per heavy atom. The van der Waals surface area contributed by atoms with Crippen molar-refractivity contribution in [2.45, 2.75) is 0 Å². The quantitative estimate of drug-likeness (QED) is 0.701. The molecule has 0 aromatic carbocycles. The molecule has 0 aliphatic heterocycles. The fourth-order valence-electron chi connectivity index (χ4n) is 0.924. The molecule has 2 N–H and O–H groups in total. The molecule has 0 saturated carbocycles. The molecule has 4 nitrogen and oxygen atoms in total. The standard InChI is InChI=1S/C9H13ClN2O2/c10-8-2-1-3-11-9(8)12-4-6-14-7-5-13/h1-3,13H,4-7H2,(H,11,12). The molecule has 0 radical (unpaired) electrons. The van der Waals surface area contributed by atoms with Crippen molar-refractivity contribution in [1.82, 2.24) is 4.98 Å². The molecule has 0 fully saturated rings. The lowest BCUT2D eigenvalue weighted by Gasteiger charge is -2.06. The van der Waals surface area contributed by atoms with E-state index in [-0.39, 0.29) is 6.61 Å². The Balaban J connectivity index is 2.21. The third kappa shape index (κ3) is 3.91. The van der Waals surface area contributed by atoms with Gasteiger partial charge in [-0.3, -0.25) is 0 Å². The minimum atomic E-state index is 0.0460. The Hall–Kier alpha value is -0.840. The van der Waals surface area contributed by atoms with Crippen LogP contribution in [0.25, 0.3) is 0 Å². The highest BCUT2D eigenvalue weighted by molar-refractivity contribution is 6.32. The monoisotopic (exact) mass is 216 g/mol. The maximum absolute atomic E-state index is 8.45. The van der Waals surface area contributed by atoms with Crippen LogP contribution in [0.3, 0.4) is 0 Å². The first-order chi connectivity index (χ1) is 6.84. The lowest BCUT2D eigenvalue weighted by atomic mass is 10.4. The molecule has 1 rings (SSSR count). The molecule has 0 bridgehead atoms. The number of aliphatic hydroxyl groups excluding tert-OH is 1. The van der Waals surface area contributed by atoms with Gasteiger partial charge in [-0.15, -0.1) is 0 Å². The molecular formula is C9H13ClN2O2. The van der Waals surface area contributed by atoms with Crippen molar-refractivity contribution in [1.29, 1.82) is 0 Å². The fourth-order valence-corrected chi connectivity index (χ4v) is 1.11. The smallest absolute Gasteiger partial charge is 0.144 e. The third-order valence-corrected chi connectivity index (χ3v) is 1.84. The Kier molecular flexibility index (Phi) is 5.29. The molecule has 0 unspecified atom stereocenters. The Morgan fingerprint density at radius 3 is 3.07 bits per heavy atom. The summed E-state index contributed by atoms with van der Waals surface area (Å²) in [6.45, 7) is 1.55. The van der Waals surface area contributed by atoms with Crippen LogP contribution in [0.2, 0.25) is 5.02 Å². The maximum atomic E-state index is 8.45. The van der Waals surface area contributed by atoms with Crippen LogP contribution < -0.4 is 5.32 Å². The largest absolute Gasteiger partial charge is 0.394 e. The molecule has 5 heteroatoms. The van der Waals surface area contributed by atoms with Crippen molar-refractivity contribution in [2.24, 2.45) is 0 Å². The first-order valence-electron chi connectivity index (χ1n) is 4.37. The van der Waals surface area contributed by atoms with Crippen molar-refractivity contribution < 1.29 is 9.84 Å². The number of aromatic nitrogens is 1. The molecule has 1 aromatic rings. The van der Waals surface area contributed by atoms with Crippen LogP contribution >= 0.6 is 11.6 Å². The number of halogens is 1. The van der Waals surface area contributed by atoms with E-state index in [2.05, 4.69) is 10.3 Å². The van der Waals surface area contributed by atoms with E-state index in [1.54, 1.807) is 18.3 Å². The average Bonchev–Trinajstić information content (AvgIpc) is 2.20. The summed E-state index contributed by atoms with van der Waals surface area (Å²) in [5, 5.41) is 12.1. The minimum Gasteiger partial charge on any atom is -0.394 e. The molecule has 0 aliphatic carbocycles. The van der Waals surface area contributed by atoms with Gasteiger partial charge in [0.25, 0.3) is 0 Å². The third-order valence-electron chi connectivity index (χ3n) is 1.53. The van der Waals surface area contributed by atoms with Crippen LogP contribution in [0, 0.1) is 0 Å². The molecule has 0 aliphatic rings. The number of nitrogens with one attached hydrogen (secondary N) is 1. The van der Waals surface area contributed by atoms with Gasteiger partial charge in [0, 0.05) is 12.7 Å². The Labute approximate surface area is 87.9 Å². The van der Waals surface area contributed by atoms with Crippen molar-refractivity contribution >= 4 is 17.4 Å². The van der Waals surface area contributed by atoms with E-state index >= 15 is 0 Å². The molecule has 0 spiro atoms. The van der Waals surface area contributed by atoms with Gasteiger partial charge in [-0.05, 0) is 12.1 Å². The summed E-state index contributed by atoms with van der Waals surface area (Å²) < 4.78 is 5.06. The van der Waals surface area contributed by atoms with Gasteiger partial charge in [-0.25, -0.2) is 4.98 Å². The predicted octanol–water partition coefficient (Wildman–Crippen LogP) is 1.16. The van der Waals surface area contributed by atoms with E-state index in [0.29, 0.717) is 30.6 Å². The summed E-state index contributed by atoms with van der Waals surface area (Å²) in [7, 11) is 0. The van der Waals surface area contributed by atoms with Gasteiger partial charge in [-0.1, -0.05) is 11.6 Å². The zero-order chi connectivity index (χ0) is 10.2. The van der Waals surface area contributed by atoms with Gasteiger partial charge in [-0.2, -0.15) is 0 Å². The summed E-state index contributed by atoms with van der Waals surface area (Å²) >= 11 is 5.86. The van der Waals surface area contributed by atoms with Crippen molar-refractivity contribution in [3.8, 4) is 0 Å². The number of hydrogen-bond donors (Lipinski definition) is 2. The first-order valence-corrected chi connectivity index (χ1v) is 4.75. The number of pyridine rings is 1. The average molecular weight is 217 g/mol. The minimum absolute atomic E-state index is 0.0460. The number of hydrogen-bond acceptors (Lipinski definition) is 4. The highest BCUT2D eigenvalue weighted by Crippen LogP contribution is 2.16. The second-order valence-electron chi connectivity index (χ2n) is 2.60. The Bertz CT molecular complexity index is 271. The zero-order valence-corrected chi connectivity index (χ0v) is 8.50. The van der Waals surface area contributed by atoms with Crippen LogP contribution in [0.5, 0.6) is 0 Å². The van der Waals surface area contributed by atoms with E-state index < -0.39 is 0 Å². The number of ether oxygens (including phenoxy) is 1. The number of aliphatic hydroxyl groups is 1. The molecule has 14 heavy (non-hydrogen) atoms. The van der Waals surface area contributed by atoms with Crippen LogP contribution in [0.15, 0.2) is 18.3 Å². The van der Waals surface area contributed by atoms with Crippen molar-refractivity contribution in [2.75, 3.05) is 31.7 Å². The lowest BCUT2D eigenvalue weighted by Crippen LogP contribution is -2.12. The second kappa shape index (κ2) is 6.59. The molecule has 0 atom stereocenters. The molecule has 0 amide bonds. The van der Waals surface area contributed by atoms with E-state index in [9.17, 15) is 0 Å². The first kappa shape index (κ1) is 11.2. The van der Waals surface area contributed by atoms with Crippen LogP contribution in [-0.2, 0) is 4.74 Å². The summed E-state index contributed by atoms with van der Waals surface area (Å²) in [6.07, 6.45) is 1.67. The van der Waals surface area contributed by atoms with Gasteiger partial charge in [0.15, 0.2) is 0 Å². The van der Waals surface area contributed by atoms with Crippen LogP contribution in [0.4, 0.5) is 5.82 Å².